The number of ether oxygens (including phenoxy) is 1. The van der Waals surface area contributed by atoms with Crippen molar-refractivity contribution in [1.29, 1.82) is 0 Å². The van der Waals surface area contributed by atoms with Gasteiger partial charge < -0.3 is 9.84 Å². The maximum atomic E-state index is 12.2. The first-order valence-corrected chi connectivity index (χ1v) is 8.67. The molecule has 1 saturated carbocycles. The number of hydrogen-bond donors (Lipinski definition) is 1. The fraction of sp³-hybridized carbons (Fsp3) is 0.722. The molecular formula is C18H32N2O3. The molecule has 1 N–H and O–H groups in total. The van der Waals surface area contributed by atoms with Crippen LogP contribution in [-0.4, -0.2) is 27.1 Å². The SMILES string of the molecule is CC.CC.Cc1cnc(COC(=O)C2(C(C)O)CCCC2)cn1. The van der Waals surface area contributed by atoms with Crippen molar-refractivity contribution in [3.63, 3.8) is 0 Å². The van der Waals surface area contributed by atoms with Gasteiger partial charge in [-0.25, -0.2) is 0 Å². The second-order valence-electron chi connectivity index (χ2n) is 5.26. The van der Waals surface area contributed by atoms with E-state index in [0.717, 1.165) is 18.5 Å². The van der Waals surface area contributed by atoms with E-state index in [1.54, 1.807) is 19.3 Å². The molecule has 2 rings (SSSR count). The van der Waals surface area contributed by atoms with Crippen LogP contribution in [0.25, 0.3) is 0 Å². The predicted octanol–water partition coefficient (Wildman–Crippen LogP) is 3.82. The highest BCUT2D eigenvalue weighted by Crippen LogP contribution is 2.42. The third kappa shape index (κ3) is 5.90. The van der Waals surface area contributed by atoms with E-state index in [2.05, 4.69) is 9.97 Å². The molecular weight excluding hydrogens is 292 g/mol. The van der Waals surface area contributed by atoms with Crippen molar-refractivity contribution in [2.75, 3.05) is 0 Å². The number of aryl methyl sites for hydroxylation is 1. The fourth-order valence-electron chi connectivity index (χ4n) is 2.58. The molecule has 1 aliphatic rings. The molecule has 0 saturated heterocycles. The van der Waals surface area contributed by atoms with Crippen molar-refractivity contribution in [1.82, 2.24) is 9.97 Å². The largest absolute Gasteiger partial charge is 0.459 e. The lowest BCUT2D eigenvalue weighted by atomic mass is 9.81. The van der Waals surface area contributed by atoms with Crippen LogP contribution in [0.15, 0.2) is 12.4 Å². The number of esters is 1. The first-order chi connectivity index (χ1) is 11.0. The van der Waals surface area contributed by atoms with E-state index in [9.17, 15) is 9.90 Å². The number of aliphatic hydroxyl groups excluding tert-OH is 1. The average Bonchev–Trinajstić information content (AvgIpc) is 3.09. The highest BCUT2D eigenvalue weighted by Gasteiger charge is 2.46. The lowest BCUT2D eigenvalue weighted by molar-refractivity contribution is -0.164. The van der Waals surface area contributed by atoms with Gasteiger partial charge in [-0.15, -0.1) is 0 Å². The van der Waals surface area contributed by atoms with Crippen LogP contribution in [0.4, 0.5) is 0 Å². The molecule has 1 aromatic rings. The Bertz CT molecular complexity index is 438. The summed E-state index contributed by atoms with van der Waals surface area (Å²) in [5, 5.41) is 9.88. The third-order valence-corrected chi connectivity index (χ3v) is 3.89. The number of carbonyl (C=O) groups is 1. The van der Waals surface area contributed by atoms with Crippen LogP contribution < -0.4 is 0 Å². The van der Waals surface area contributed by atoms with E-state index in [1.165, 1.54) is 0 Å². The van der Waals surface area contributed by atoms with Gasteiger partial charge in [-0.3, -0.25) is 14.8 Å². The van der Waals surface area contributed by atoms with Crippen molar-refractivity contribution >= 4 is 5.97 Å². The molecule has 1 unspecified atom stereocenters. The van der Waals surface area contributed by atoms with Crippen LogP contribution in [-0.2, 0) is 16.1 Å². The molecule has 0 bridgehead atoms. The van der Waals surface area contributed by atoms with Gasteiger partial charge in [0.15, 0.2) is 0 Å². The van der Waals surface area contributed by atoms with E-state index in [-0.39, 0.29) is 12.6 Å². The molecule has 132 valence electrons. The zero-order chi connectivity index (χ0) is 17.9. The Morgan fingerprint density at radius 1 is 1.22 bits per heavy atom. The van der Waals surface area contributed by atoms with Crippen LogP contribution in [0.5, 0.6) is 0 Å². The topological polar surface area (TPSA) is 72.3 Å². The lowest BCUT2D eigenvalue weighted by Crippen LogP contribution is -2.39. The van der Waals surface area contributed by atoms with Crippen molar-refractivity contribution in [3.8, 4) is 0 Å². The number of rotatable bonds is 4. The zero-order valence-corrected chi connectivity index (χ0v) is 15.4. The summed E-state index contributed by atoms with van der Waals surface area (Å²) in [7, 11) is 0. The first kappa shape index (κ1) is 21.5. The standard InChI is InChI=1S/C14H20N2O3.2C2H6/c1-10-7-16-12(8-15-10)9-19-13(18)14(11(2)17)5-3-4-6-14;2*1-2/h7-8,11,17H,3-6,9H2,1-2H3;2*1-2H3. The third-order valence-electron chi connectivity index (χ3n) is 3.89. The molecule has 0 aliphatic heterocycles. The van der Waals surface area contributed by atoms with E-state index < -0.39 is 11.5 Å². The van der Waals surface area contributed by atoms with Gasteiger partial charge in [-0.2, -0.15) is 0 Å². The van der Waals surface area contributed by atoms with Crippen molar-refractivity contribution < 1.29 is 14.6 Å². The molecule has 0 aromatic carbocycles. The molecule has 23 heavy (non-hydrogen) atoms. The summed E-state index contributed by atoms with van der Waals surface area (Å²) in [6, 6.07) is 0. The summed E-state index contributed by atoms with van der Waals surface area (Å²) in [5.41, 5.74) is 0.724. The summed E-state index contributed by atoms with van der Waals surface area (Å²) in [5.74, 6) is -0.317. The van der Waals surface area contributed by atoms with Gasteiger partial charge in [0.05, 0.1) is 29.1 Å². The van der Waals surface area contributed by atoms with E-state index >= 15 is 0 Å². The van der Waals surface area contributed by atoms with Crippen molar-refractivity contribution in [3.05, 3.63) is 23.8 Å². The number of nitrogens with zero attached hydrogens (tertiary/aromatic N) is 2. The van der Waals surface area contributed by atoms with Gasteiger partial charge in [-0.1, -0.05) is 40.5 Å². The Kier molecular flexibility index (Phi) is 10.4. The predicted molar refractivity (Wildman–Crippen MR) is 91.8 cm³/mol. The summed E-state index contributed by atoms with van der Waals surface area (Å²) in [6.07, 6.45) is 5.89. The molecule has 1 fully saturated rings. The van der Waals surface area contributed by atoms with Crippen LogP contribution in [0.2, 0.25) is 0 Å². The zero-order valence-electron chi connectivity index (χ0n) is 15.4. The van der Waals surface area contributed by atoms with Crippen LogP contribution in [0, 0.1) is 12.3 Å². The quantitative estimate of drug-likeness (QED) is 0.852. The Hall–Kier alpha value is -1.49. The Morgan fingerprint density at radius 2 is 1.78 bits per heavy atom. The molecule has 1 heterocycles. The van der Waals surface area contributed by atoms with E-state index in [1.807, 2.05) is 34.6 Å². The van der Waals surface area contributed by atoms with E-state index in [0.29, 0.717) is 18.5 Å². The molecule has 1 aromatic heterocycles. The lowest BCUT2D eigenvalue weighted by Gasteiger charge is -2.29. The fourth-order valence-corrected chi connectivity index (χ4v) is 2.58. The van der Waals surface area contributed by atoms with Crippen molar-refractivity contribution in [2.45, 2.75) is 79.9 Å². The van der Waals surface area contributed by atoms with Crippen molar-refractivity contribution in [2.24, 2.45) is 5.41 Å². The number of aromatic nitrogens is 2. The first-order valence-electron chi connectivity index (χ1n) is 8.67. The number of carbonyl (C=O) groups excluding carboxylic acids is 1. The number of aliphatic hydroxyl groups is 1. The smallest absolute Gasteiger partial charge is 0.315 e. The van der Waals surface area contributed by atoms with Crippen LogP contribution in [0.3, 0.4) is 0 Å². The van der Waals surface area contributed by atoms with Gasteiger partial charge in [0.2, 0.25) is 0 Å². The van der Waals surface area contributed by atoms with E-state index in [4.69, 9.17) is 4.74 Å². The van der Waals surface area contributed by atoms with Gasteiger partial charge >= 0.3 is 5.97 Å². The van der Waals surface area contributed by atoms with Crippen LogP contribution in [0.1, 0.15) is 71.7 Å². The van der Waals surface area contributed by atoms with Gasteiger partial charge in [-0.05, 0) is 26.7 Å². The Labute approximate surface area is 140 Å². The Morgan fingerprint density at radius 3 is 2.22 bits per heavy atom. The minimum Gasteiger partial charge on any atom is -0.459 e. The molecule has 5 heteroatoms. The second kappa shape index (κ2) is 11.1. The molecule has 1 aliphatic carbocycles. The molecule has 5 nitrogen and oxygen atoms in total. The average molecular weight is 324 g/mol. The second-order valence-corrected chi connectivity index (χ2v) is 5.26. The maximum absolute atomic E-state index is 12.2. The minimum absolute atomic E-state index is 0.112. The van der Waals surface area contributed by atoms with Gasteiger partial charge in [0, 0.05) is 6.20 Å². The Balaban J connectivity index is 0.00000112. The number of hydrogen-bond acceptors (Lipinski definition) is 5. The van der Waals surface area contributed by atoms with Gasteiger partial charge in [0.25, 0.3) is 0 Å². The summed E-state index contributed by atoms with van der Waals surface area (Å²) in [6.45, 7) is 11.6. The molecule has 0 spiro atoms. The summed E-state index contributed by atoms with van der Waals surface area (Å²) in [4.78, 5) is 20.5. The van der Waals surface area contributed by atoms with Crippen LogP contribution >= 0.6 is 0 Å². The summed E-state index contributed by atoms with van der Waals surface area (Å²) < 4.78 is 5.32. The molecule has 1 atom stereocenters. The molecule has 0 amide bonds. The minimum atomic E-state index is -0.724. The summed E-state index contributed by atoms with van der Waals surface area (Å²) >= 11 is 0. The highest BCUT2D eigenvalue weighted by atomic mass is 16.5. The molecule has 0 radical (unpaired) electrons. The highest BCUT2D eigenvalue weighted by molar-refractivity contribution is 5.77. The van der Waals surface area contributed by atoms with Gasteiger partial charge in [0.1, 0.15) is 6.61 Å². The monoisotopic (exact) mass is 324 g/mol. The normalized spacial score (nSPS) is 16.3. The maximum Gasteiger partial charge on any atom is 0.315 e.